The number of carboxylic acids is 1. The Morgan fingerprint density at radius 2 is 1.77 bits per heavy atom. The van der Waals surface area contributed by atoms with Crippen molar-refractivity contribution in [1.29, 1.82) is 0 Å². The molecule has 1 aromatic heterocycles. The number of nitrogens with zero attached hydrogens (tertiary/aromatic N) is 1. The molecule has 162 valence electrons. The molecule has 3 aromatic rings. The highest BCUT2D eigenvalue weighted by atomic mass is 32.2. The second-order valence-electron chi connectivity index (χ2n) is 6.09. The van der Waals surface area contributed by atoms with E-state index in [1.807, 2.05) is 0 Å². The Morgan fingerprint density at radius 3 is 2.42 bits per heavy atom. The zero-order chi connectivity index (χ0) is 23.0. The van der Waals surface area contributed by atoms with Gasteiger partial charge in [0.2, 0.25) is 5.75 Å². The molecule has 0 aliphatic carbocycles. The number of hydrogen-bond donors (Lipinski definition) is 4. The van der Waals surface area contributed by atoms with Gasteiger partial charge >= 0.3 is 12.1 Å². The maximum absolute atomic E-state index is 12.9. The number of sulfonamides is 1. The molecule has 1 heterocycles. The van der Waals surface area contributed by atoms with Gasteiger partial charge in [-0.2, -0.15) is 13.2 Å². The summed E-state index contributed by atoms with van der Waals surface area (Å²) in [6, 6.07) is 8.39. The Hall–Kier alpha value is -3.87. The summed E-state index contributed by atoms with van der Waals surface area (Å²) >= 11 is 0. The van der Waals surface area contributed by atoms with E-state index in [4.69, 9.17) is 5.11 Å². The summed E-state index contributed by atoms with van der Waals surface area (Å²) < 4.78 is 66.2. The summed E-state index contributed by atoms with van der Waals surface area (Å²) in [5, 5.41) is 18.6. The standard InChI is InChI=1S/C18H12F3N3O6S/c19-18(20,21)9-4-3-5-10(8-9)31(29,30)24-12-7-2-1-6-11(12)15-22-13(17(27)28)14(25)16(26)23-15/h1-8,24-25H,(H,27,28)(H,22,23,26). The van der Waals surface area contributed by atoms with Crippen LogP contribution in [0.2, 0.25) is 0 Å². The van der Waals surface area contributed by atoms with E-state index in [9.17, 15) is 36.3 Å². The molecule has 0 radical (unpaired) electrons. The molecular weight excluding hydrogens is 443 g/mol. The predicted octanol–water partition coefficient (Wildman–Crippen LogP) is 2.66. The predicted molar refractivity (Wildman–Crippen MR) is 101 cm³/mol. The van der Waals surface area contributed by atoms with Gasteiger partial charge in [0.15, 0.2) is 5.69 Å². The van der Waals surface area contributed by atoms with Crippen LogP contribution < -0.4 is 10.3 Å². The van der Waals surface area contributed by atoms with Gasteiger partial charge in [-0.15, -0.1) is 0 Å². The monoisotopic (exact) mass is 455 g/mol. The summed E-state index contributed by atoms with van der Waals surface area (Å²) in [7, 11) is -4.51. The molecule has 2 aromatic carbocycles. The number of para-hydroxylation sites is 1. The molecule has 0 saturated carbocycles. The lowest BCUT2D eigenvalue weighted by Crippen LogP contribution is -2.17. The van der Waals surface area contributed by atoms with Crippen molar-refractivity contribution in [3.8, 4) is 17.1 Å². The molecule has 0 saturated heterocycles. The smallest absolute Gasteiger partial charge is 0.416 e. The van der Waals surface area contributed by atoms with Crippen molar-refractivity contribution in [3.63, 3.8) is 0 Å². The van der Waals surface area contributed by atoms with Crippen LogP contribution in [0.5, 0.6) is 5.75 Å². The number of aromatic hydroxyl groups is 1. The van der Waals surface area contributed by atoms with Gasteiger partial charge in [-0.05, 0) is 30.3 Å². The van der Waals surface area contributed by atoms with Gasteiger partial charge in [-0.1, -0.05) is 18.2 Å². The van der Waals surface area contributed by atoms with E-state index in [2.05, 4.69) is 14.7 Å². The summed E-state index contributed by atoms with van der Waals surface area (Å²) in [4.78, 5) is 28.1. The molecule has 0 aliphatic heterocycles. The number of aromatic carboxylic acids is 1. The number of carbonyl (C=O) groups is 1. The third kappa shape index (κ3) is 4.50. The first kappa shape index (κ1) is 21.8. The highest BCUT2D eigenvalue weighted by Crippen LogP contribution is 2.32. The number of rotatable bonds is 5. The van der Waals surface area contributed by atoms with E-state index in [-0.39, 0.29) is 17.1 Å². The Bertz CT molecular complexity index is 1340. The maximum atomic E-state index is 12.9. The fraction of sp³-hybridized carbons (Fsp3) is 0.0556. The number of nitrogens with one attached hydrogen (secondary N) is 2. The van der Waals surface area contributed by atoms with Crippen molar-refractivity contribution in [2.45, 2.75) is 11.1 Å². The average Bonchev–Trinajstić information content (AvgIpc) is 2.69. The first-order valence-corrected chi connectivity index (χ1v) is 9.74. The molecule has 0 fully saturated rings. The van der Waals surface area contributed by atoms with Crippen molar-refractivity contribution >= 4 is 21.7 Å². The topological polar surface area (TPSA) is 149 Å². The van der Waals surface area contributed by atoms with E-state index >= 15 is 0 Å². The number of benzene rings is 2. The number of aromatic amines is 1. The number of hydrogen-bond acceptors (Lipinski definition) is 6. The fourth-order valence-electron chi connectivity index (χ4n) is 2.57. The normalized spacial score (nSPS) is 11.8. The number of anilines is 1. The summed E-state index contributed by atoms with van der Waals surface area (Å²) in [5.74, 6) is -3.23. The summed E-state index contributed by atoms with van der Waals surface area (Å²) in [6.07, 6.45) is -4.76. The highest BCUT2D eigenvalue weighted by Gasteiger charge is 2.32. The van der Waals surface area contributed by atoms with Crippen molar-refractivity contribution < 1.29 is 36.6 Å². The second kappa shape index (κ2) is 7.75. The quantitative estimate of drug-likeness (QED) is 0.462. The van der Waals surface area contributed by atoms with Crippen LogP contribution in [0.15, 0.2) is 58.2 Å². The van der Waals surface area contributed by atoms with Gasteiger partial charge in [0.1, 0.15) is 5.82 Å². The fourth-order valence-corrected chi connectivity index (χ4v) is 3.69. The Balaban J connectivity index is 2.08. The minimum Gasteiger partial charge on any atom is -0.501 e. The van der Waals surface area contributed by atoms with E-state index in [1.54, 1.807) is 0 Å². The lowest BCUT2D eigenvalue weighted by molar-refractivity contribution is -0.137. The average molecular weight is 455 g/mol. The number of carboxylic acid groups (broad SMARTS) is 1. The molecule has 0 unspecified atom stereocenters. The van der Waals surface area contributed by atoms with Crippen LogP contribution in [0.4, 0.5) is 18.9 Å². The Morgan fingerprint density at radius 1 is 1.10 bits per heavy atom. The van der Waals surface area contributed by atoms with Gasteiger partial charge in [0, 0.05) is 5.56 Å². The van der Waals surface area contributed by atoms with Crippen LogP contribution in [-0.4, -0.2) is 34.6 Å². The van der Waals surface area contributed by atoms with Gasteiger partial charge in [0.05, 0.1) is 16.1 Å². The van der Waals surface area contributed by atoms with Crippen LogP contribution in [0.1, 0.15) is 16.1 Å². The SMILES string of the molecule is O=C(O)c1nc(-c2ccccc2NS(=O)(=O)c2cccc(C(F)(F)F)c2)[nH]c(=O)c1O. The zero-order valence-electron chi connectivity index (χ0n) is 15.1. The molecule has 0 spiro atoms. The lowest BCUT2D eigenvalue weighted by Gasteiger charge is -2.14. The van der Waals surface area contributed by atoms with Gasteiger partial charge in [-0.3, -0.25) is 9.52 Å². The minimum atomic E-state index is -4.76. The van der Waals surface area contributed by atoms with E-state index in [0.29, 0.717) is 12.1 Å². The van der Waals surface area contributed by atoms with E-state index < -0.39 is 49.6 Å². The van der Waals surface area contributed by atoms with Crippen LogP contribution in [0.3, 0.4) is 0 Å². The number of halogens is 3. The van der Waals surface area contributed by atoms with Crippen molar-refractivity contribution in [2.24, 2.45) is 0 Å². The van der Waals surface area contributed by atoms with Crippen LogP contribution in [0.25, 0.3) is 11.4 Å². The molecule has 0 atom stereocenters. The van der Waals surface area contributed by atoms with E-state index in [0.717, 1.165) is 12.1 Å². The Kier molecular flexibility index (Phi) is 5.46. The molecule has 0 aliphatic rings. The second-order valence-corrected chi connectivity index (χ2v) is 7.78. The molecular formula is C18H12F3N3O6S. The van der Waals surface area contributed by atoms with E-state index in [1.165, 1.54) is 24.3 Å². The van der Waals surface area contributed by atoms with Crippen LogP contribution in [0, 0.1) is 0 Å². The molecule has 9 nitrogen and oxygen atoms in total. The number of alkyl halides is 3. The third-order valence-electron chi connectivity index (χ3n) is 4.00. The molecule has 0 bridgehead atoms. The summed E-state index contributed by atoms with van der Waals surface area (Å²) in [5.41, 5.74) is -3.60. The van der Waals surface area contributed by atoms with Crippen molar-refractivity contribution in [1.82, 2.24) is 9.97 Å². The maximum Gasteiger partial charge on any atom is 0.416 e. The molecule has 31 heavy (non-hydrogen) atoms. The Labute approximate surface area is 171 Å². The van der Waals surface area contributed by atoms with Gasteiger partial charge in [-0.25, -0.2) is 18.2 Å². The number of aromatic nitrogens is 2. The van der Waals surface area contributed by atoms with Crippen molar-refractivity contribution in [2.75, 3.05) is 4.72 Å². The molecule has 0 amide bonds. The first-order chi connectivity index (χ1) is 14.4. The van der Waals surface area contributed by atoms with Crippen LogP contribution >= 0.6 is 0 Å². The lowest BCUT2D eigenvalue weighted by atomic mass is 10.1. The van der Waals surface area contributed by atoms with Crippen molar-refractivity contribution in [3.05, 3.63) is 70.1 Å². The van der Waals surface area contributed by atoms with Gasteiger partial charge < -0.3 is 15.2 Å². The summed E-state index contributed by atoms with van der Waals surface area (Å²) in [6.45, 7) is 0. The molecule has 3 rings (SSSR count). The third-order valence-corrected chi connectivity index (χ3v) is 5.36. The zero-order valence-corrected chi connectivity index (χ0v) is 16.0. The van der Waals surface area contributed by atoms with Crippen LogP contribution in [-0.2, 0) is 16.2 Å². The molecule has 4 N–H and O–H groups in total. The highest BCUT2D eigenvalue weighted by molar-refractivity contribution is 7.92. The largest absolute Gasteiger partial charge is 0.501 e. The minimum absolute atomic E-state index is 0.0855. The number of H-pyrrole nitrogens is 1. The first-order valence-electron chi connectivity index (χ1n) is 8.26. The van der Waals surface area contributed by atoms with Gasteiger partial charge in [0.25, 0.3) is 15.6 Å². The molecule has 13 heteroatoms.